The number of nitrogens with one attached hydrogen (secondary N) is 2. The number of rotatable bonds is 7. The molecular formula is C18H28IN3O3. The topological polar surface area (TPSA) is 64.1 Å². The average molecular weight is 461 g/mol. The maximum Gasteiger partial charge on any atom is 0.191 e. The van der Waals surface area contributed by atoms with Crippen molar-refractivity contribution in [2.45, 2.75) is 32.4 Å². The van der Waals surface area contributed by atoms with E-state index in [0.717, 1.165) is 30.9 Å². The fourth-order valence-corrected chi connectivity index (χ4v) is 2.64. The van der Waals surface area contributed by atoms with Crippen molar-refractivity contribution in [2.24, 2.45) is 4.99 Å². The van der Waals surface area contributed by atoms with Gasteiger partial charge in [0.05, 0.1) is 33.4 Å². The fourth-order valence-electron chi connectivity index (χ4n) is 2.64. The SMILES string of the molecule is CCNC(=NCc1c(OC)cc(OC)cc1OC)NC1CC=CC1.I. The van der Waals surface area contributed by atoms with Crippen molar-refractivity contribution in [1.29, 1.82) is 0 Å². The minimum absolute atomic E-state index is 0. The van der Waals surface area contributed by atoms with Gasteiger partial charge in [0.15, 0.2) is 5.96 Å². The smallest absolute Gasteiger partial charge is 0.191 e. The third-order valence-electron chi connectivity index (χ3n) is 3.91. The number of hydrogen-bond donors (Lipinski definition) is 2. The zero-order chi connectivity index (χ0) is 17.4. The van der Waals surface area contributed by atoms with E-state index in [1.165, 1.54) is 0 Å². The Labute approximate surface area is 167 Å². The van der Waals surface area contributed by atoms with Crippen LogP contribution >= 0.6 is 24.0 Å². The quantitative estimate of drug-likeness (QED) is 0.283. The van der Waals surface area contributed by atoms with Gasteiger partial charge in [-0.1, -0.05) is 12.2 Å². The molecule has 0 radical (unpaired) electrons. The number of halogens is 1. The fraction of sp³-hybridized carbons (Fsp3) is 0.500. The zero-order valence-electron chi connectivity index (χ0n) is 15.3. The van der Waals surface area contributed by atoms with Crippen LogP contribution in [0.5, 0.6) is 17.2 Å². The second-order valence-electron chi connectivity index (χ2n) is 5.49. The van der Waals surface area contributed by atoms with Crippen molar-refractivity contribution in [3.05, 3.63) is 29.8 Å². The number of guanidine groups is 1. The van der Waals surface area contributed by atoms with Gasteiger partial charge >= 0.3 is 0 Å². The van der Waals surface area contributed by atoms with Crippen LogP contribution in [0.1, 0.15) is 25.3 Å². The molecule has 25 heavy (non-hydrogen) atoms. The van der Waals surface area contributed by atoms with Crippen molar-refractivity contribution in [1.82, 2.24) is 10.6 Å². The van der Waals surface area contributed by atoms with Crippen LogP contribution < -0.4 is 24.8 Å². The number of benzene rings is 1. The van der Waals surface area contributed by atoms with Gasteiger partial charge in [0.1, 0.15) is 17.2 Å². The molecule has 1 aliphatic carbocycles. The second kappa shape index (κ2) is 11.1. The van der Waals surface area contributed by atoms with Gasteiger partial charge in [0, 0.05) is 24.7 Å². The lowest BCUT2D eigenvalue weighted by Crippen LogP contribution is -2.42. The maximum atomic E-state index is 5.48. The van der Waals surface area contributed by atoms with Gasteiger partial charge in [-0.2, -0.15) is 0 Å². The van der Waals surface area contributed by atoms with Crippen molar-refractivity contribution in [3.63, 3.8) is 0 Å². The number of methoxy groups -OCH3 is 3. The van der Waals surface area contributed by atoms with Crippen LogP contribution in [0.2, 0.25) is 0 Å². The molecule has 6 nitrogen and oxygen atoms in total. The predicted octanol–water partition coefficient (Wildman–Crippen LogP) is 3.10. The van der Waals surface area contributed by atoms with E-state index in [4.69, 9.17) is 14.2 Å². The summed E-state index contributed by atoms with van der Waals surface area (Å²) in [5, 5.41) is 6.74. The Morgan fingerprint density at radius 3 is 2.16 bits per heavy atom. The van der Waals surface area contributed by atoms with Crippen LogP contribution in [0.4, 0.5) is 0 Å². The molecule has 0 atom stereocenters. The van der Waals surface area contributed by atoms with Crippen LogP contribution in [0.15, 0.2) is 29.3 Å². The molecule has 1 aromatic rings. The molecular weight excluding hydrogens is 433 g/mol. The highest BCUT2D eigenvalue weighted by atomic mass is 127. The normalized spacial score (nSPS) is 14.0. The first-order chi connectivity index (χ1) is 11.7. The van der Waals surface area contributed by atoms with Crippen LogP contribution in [0, 0.1) is 0 Å². The van der Waals surface area contributed by atoms with Crippen LogP contribution in [-0.2, 0) is 6.54 Å². The molecule has 2 N–H and O–H groups in total. The van der Waals surface area contributed by atoms with E-state index in [-0.39, 0.29) is 24.0 Å². The molecule has 7 heteroatoms. The maximum absolute atomic E-state index is 5.48. The first-order valence-electron chi connectivity index (χ1n) is 8.20. The number of ether oxygens (including phenoxy) is 3. The molecule has 0 saturated heterocycles. The molecule has 0 bridgehead atoms. The Kier molecular flexibility index (Phi) is 9.48. The molecule has 0 aliphatic heterocycles. The highest BCUT2D eigenvalue weighted by Crippen LogP contribution is 2.34. The third-order valence-corrected chi connectivity index (χ3v) is 3.91. The molecule has 0 heterocycles. The summed E-state index contributed by atoms with van der Waals surface area (Å²) in [6, 6.07) is 4.09. The van der Waals surface area contributed by atoms with E-state index < -0.39 is 0 Å². The molecule has 0 spiro atoms. The van der Waals surface area contributed by atoms with Crippen molar-refractivity contribution >= 4 is 29.9 Å². The molecule has 0 amide bonds. The molecule has 1 aliphatic rings. The first-order valence-corrected chi connectivity index (χ1v) is 8.20. The molecule has 0 saturated carbocycles. The summed E-state index contributed by atoms with van der Waals surface area (Å²) in [6.07, 6.45) is 6.44. The molecule has 0 fully saturated rings. The van der Waals surface area contributed by atoms with Gasteiger partial charge in [0.2, 0.25) is 0 Å². The summed E-state index contributed by atoms with van der Waals surface area (Å²) in [7, 11) is 4.89. The standard InChI is InChI=1S/C18H27N3O3.HI/c1-5-19-18(21-13-8-6-7-9-13)20-12-15-16(23-3)10-14(22-2)11-17(15)24-4;/h6-7,10-11,13H,5,8-9,12H2,1-4H3,(H2,19,20,21);1H. The number of hydrogen-bond acceptors (Lipinski definition) is 4. The van der Waals surface area contributed by atoms with E-state index >= 15 is 0 Å². The molecule has 0 unspecified atom stereocenters. The van der Waals surface area contributed by atoms with E-state index in [9.17, 15) is 0 Å². The van der Waals surface area contributed by atoms with Gasteiger partial charge in [0.25, 0.3) is 0 Å². The largest absolute Gasteiger partial charge is 0.496 e. The Bertz CT molecular complexity index is 572. The van der Waals surface area contributed by atoms with Crippen LogP contribution in [0.3, 0.4) is 0 Å². The Morgan fingerprint density at radius 1 is 1.08 bits per heavy atom. The van der Waals surface area contributed by atoms with E-state index in [1.54, 1.807) is 21.3 Å². The minimum atomic E-state index is 0. The Hall–Kier alpha value is -1.64. The van der Waals surface area contributed by atoms with Crippen molar-refractivity contribution in [3.8, 4) is 17.2 Å². The lowest BCUT2D eigenvalue weighted by atomic mass is 10.1. The highest BCUT2D eigenvalue weighted by molar-refractivity contribution is 14.0. The number of aliphatic imine (C=N–C) groups is 1. The Balaban J connectivity index is 0.00000312. The van der Waals surface area contributed by atoms with Gasteiger partial charge in [-0.05, 0) is 19.8 Å². The van der Waals surface area contributed by atoms with Crippen LogP contribution in [0.25, 0.3) is 0 Å². The lowest BCUT2D eigenvalue weighted by Gasteiger charge is -2.18. The first kappa shape index (κ1) is 21.4. The minimum Gasteiger partial charge on any atom is -0.496 e. The third kappa shape index (κ3) is 5.98. The summed E-state index contributed by atoms with van der Waals surface area (Å²) in [4.78, 5) is 4.69. The molecule has 140 valence electrons. The molecule has 2 rings (SSSR count). The van der Waals surface area contributed by atoms with Crippen LogP contribution in [-0.4, -0.2) is 39.9 Å². The summed E-state index contributed by atoms with van der Waals surface area (Å²) >= 11 is 0. The van der Waals surface area contributed by atoms with Gasteiger partial charge in [-0.3, -0.25) is 0 Å². The van der Waals surface area contributed by atoms with Gasteiger partial charge in [-0.15, -0.1) is 24.0 Å². The second-order valence-corrected chi connectivity index (χ2v) is 5.49. The number of nitrogens with zero attached hydrogens (tertiary/aromatic N) is 1. The summed E-state index contributed by atoms with van der Waals surface area (Å²) in [5.41, 5.74) is 0.891. The average Bonchev–Trinajstić information content (AvgIpc) is 3.12. The zero-order valence-corrected chi connectivity index (χ0v) is 17.6. The van der Waals surface area contributed by atoms with Crippen molar-refractivity contribution < 1.29 is 14.2 Å². The molecule has 1 aromatic carbocycles. The monoisotopic (exact) mass is 461 g/mol. The Morgan fingerprint density at radius 2 is 1.68 bits per heavy atom. The lowest BCUT2D eigenvalue weighted by molar-refractivity contribution is 0.369. The van der Waals surface area contributed by atoms with E-state index in [2.05, 4.69) is 34.7 Å². The summed E-state index contributed by atoms with van der Waals surface area (Å²) < 4.78 is 16.2. The predicted molar refractivity (Wildman–Crippen MR) is 112 cm³/mol. The highest BCUT2D eigenvalue weighted by Gasteiger charge is 2.15. The van der Waals surface area contributed by atoms with E-state index in [1.807, 2.05) is 12.1 Å². The van der Waals surface area contributed by atoms with Crippen molar-refractivity contribution in [2.75, 3.05) is 27.9 Å². The summed E-state index contributed by atoms with van der Waals surface area (Å²) in [6.45, 7) is 3.31. The molecule has 0 aromatic heterocycles. The van der Waals surface area contributed by atoms with Gasteiger partial charge in [-0.25, -0.2) is 4.99 Å². The van der Waals surface area contributed by atoms with E-state index in [0.29, 0.717) is 29.8 Å². The summed E-state index contributed by atoms with van der Waals surface area (Å²) in [5.74, 6) is 2.89. The van der Waals surface area contributed by atoms with Gasteiger partial charge < -0.3 is 24.8 Å².